The lowest BCUT2D eigenvalue weighted by atomic mass is 10.0. The molecule has 1 aromatic heterocycles. The van der Waals surface area contributed by atoms with Gasteiger partial charge in [0.2, 0.25) is 0 Å². The Balaban J connectivity index is 1.96. The lowest BCUT2D eigenvalue weighted by Crippen LogP contribution is -2.45. The van der Waals surface area contributed by atoms with Gasteiger partial charge in [0.1, 0.15) is 5.15 Å². The average molecular weight is 330 g/mol. The number of carbonyl (C=O) groups is 1. The predicted octanol–water partition coefficient (Wildman–Crippen LogP) is 3.24. The number of pyridine rings is 1. The third kappa shape index (κ3) is 4.31. The molecule has 1 N–H and O–H groups in total. The van der Waals surface area contributed by atoms with Crippen LogP contribution >= 0.6 is 23.2 Å². The standard InChI is InChI=1S/C15H21Cl2N3O/c1-10(2)13(20-5-3-4-6-20)9-19-15(21)11-7-12(16)14(17)18-8-11/h7-8,10,13H,3-6,9H2,1-2H3,(H,19,21). The number of rotatable bonds is 5. The van der Waals surface area contributed by atoms with Gasteiger partial charge in [0.25, 0.3) is 5.91 Å². The number of hydrogen-bond donors (Lipinski definition) is 1. The van der Waals surface area contributed by atoms with Crippen LogP contribution in [-0.2, 0) is 0 Å². The molecule has 1 saturated heterocycles. The summed E-state index contributed by atoms with van der Waals surface area (Å²) in [7, 11) is 0. The van der Waals surface area contributed by atoms with Crippen molar-refractivity contribution in [3.05, 3.63) is 28.0 Å². The maximum atomic E-state index is 12.2. The van der Waals surface area contributed by atoms with E-state index < -0.39 is 0 Å². The molecule has 0 aliphatic carbocycles. The van der Waals surface area contributed by atoms with E-state index in [-0.39, 0.29) is 11.1 Å². The summed E-state index contributed by atoms with van der Waals surface area (Å²) in [6, 6.07) is 1.92. The third-order valence-electron chi connectivity index (χ3n) is 3.91. The Morgan fingerprint density at radius 2 is 2.05 bits per heavy atom. The molecule has 6 heteroatoms. The Bertz CT molecular complexity index is 502. The number of hydrogen-bond acceptors (Lipinski definition) is 3. The van der Waals surface area contributed by atoms with Crippen LogP contribution in [0.5, 0.6) is 0 Å². The average Bonchev–Trinajstić information content (AvgIpc) is 2.95. The summed E-state index contributed by atoms with van der Waals surface area (Å²) in [5.41, 5.74) is 0.438. The fourth-order valence-electron chi connectivity index (χ4n) is 2.70. The summed E-state index contributed by atoms with van der Waals surface area (Å²) in [5.74, 6) is 0.334. The van der Waals surface area contributed by atoms with E-state index in [2.05, 4.69) is 29.0 Å². The smallest absolute Gasteiger partial charge is 0.252 e. The molecule has 0 bridgehead atoms. The van der Waals surface area contributed by atoms with E-state index in [0.717, 1.165) is 13.1 Å². The van der Waals surface area contributed by atoms with Crippen LogP contribution in [-0.4, -0.2) is 41.5 Å². The van der Waals surface area contributed by atoms with Gasteiger partial charge in [-0.05, 0) is 37.9 Å². The molecule has 0 radical (unpaired) electrons. The van der Waals surface area contributed by atoms with Crippen LogP contribution in [0, 0.1) is 5.92 Å². The monoisotopic (exact) mass is 329 g/mol. The van der Waals surface area contributed by atoms with Crippen LogP contribution in [0.4, 0.5) is 0 Å². The molecule has 1 fully saturated rings. The highest BCUT2D eigenvalue weighted by atomic mass is 35.5. The van der Waals surface area contributed by atoms with Crippen LogP contribution in [0.2, 0.25) is 10.2 Å². The summed E-state index contributed by atoms with van der Waals surface area (Å²) in [5, 5.41) is 3.49. The van der Waals surface area contributed by atoms with E-state index in [4.69, 9.17) is 23.2 Å². The second-order valence-electron chi connectivity index (χ2n) is 5.76. The van der Waals surface area contributed by atoms with E-state index >= 15 is 0 Å². The van der Waals surface area contributed by atoms with Crippen LogP contribution in [0.1, 0.15) is 37.0 Å². The molecule has 2 rings (SSSR count). The van der Waals surface area contributed by atoms with Crippen LogP contribution in [0.25, 0.3) is 0 Å². The van der Waals surface area contributed by atoms with Gasteiger partial charge in [0.15, 0.2) is 0 Å². The van der Waals surface area contributed by atoms with Crippen molar-refractivity contribution in [3.8, 4) is 0 Å². The van der Waals surface area contributed by atoms with E-state index in [1.807, 2.05) is 0 Å². The van der Waals surface area contributed by atoms with Crippen molar-refractivity contribution in [1.29, 1.82) is 0 Å². The van der Waals surface area contributed by atoms with Crippen LogP contribution < -0.4 is 5.32 Å². The van der Waals surface area contributed by atoms with E-state index in [1.165, 1.54) is 19.0 Å². The van der Waals surface area contributed by atoms with E-state index in [9.17, 15) is 4.79 Å². The molecular formula is C15H21Cl2N3O. The molecule has 1 aromatic rings. The summed E-state index contributed by atoms with van der Waals surface area (Å²) < 4.78 is 0. The number of aromatic nitrogens is 1. The van der Waals surface area contributed by atoms with E-state index in [0.29, 0.717) is 29.1 Å². The Labute approximate surface area is 135 Å². The highest BCUT2D eigenvalue weighted by molar-refractivity contribution is 6.41. The number of carbonyl (C=O) groups excluding carboxylic acids is 1. The highest BCUT2D eigenvalue weighted by Crippen LogP contribution is 2.20. The van der Waals surface area contributed by atoms with Crippen LogP contribution in [0.15, 0.2) is 12.3 Å². The molecule has 0 saturated carbocycles. The van der Waals surface area contributed by atoms with Crippen molar-refractivity contribution in [2.75, 3.05) is 19.6 Å². The normalized spacial score (nSPS) is 17.2. The molecule has 4 nitrogen and oxygen atoms in total. The van der Waals surface area contributed by atoms with Crippen molar-refractivity contribution in [1.82, 2.24) is 15.2 Å². The minimum Gasteiger partial charge on any atom is -0.350 e. The number of amides is 1. The molecule has 0 spiro atoms. The van der Waals surface area contributed by atoms with Gasteiger partial charge in [-0.1, -0.05) is 37.0 Å². The lowest BCUT2D eigenvalue weighted by molar-refractivity contribution is 0.0927. The highest BCUT2D eigenvalue weighted by Gasteiger charge is 2.25. The number of nitrogens with one attached hydrogen (secondary N) is 1. The fourth-order valence-corrected chi connectivity index (χ4v) is 2.97. The van der Waals surface area contributed by atoms with Gasteiger partial charge in [-0.3, -0.25) is 9.69 Å². The summed E-state index contributed by atoms with van der Waals surface area (Å²) in [4.78, 5) is 18.5. The zero-order chi connectivity index (χ0) is 15.4. The van der Waals surface area contributed by atoms with Crippen molar-refractivity contribution < 1.29 is 4.79 Å². The molecule has 2 heterocycles. The van der Waals surface area contributed by atoms with Gasteiger partial charge in [-0.2, -0.15) is 0 Å². The first-order valence-corrected chi connectivity index (χ1v) is 8.08. The van der Waals surface area contributed by atoms with E-state index in [1.54, 1.807) is 6.07 Å². The third-order valence-corrected chi connectivity index (χ3v) is 4.60. The molecule has 1 unspecified atom stereocenters. The summed E-state index contributed by atoms with van der Waals surface area (Å²) in [6.45, 7) is 7.25. The largest absolute Gasteiger partial charge is 0.350 e. The quantitative estimate of drug-likeness (QED) is 0.843. The molecule has 1 atom stereocenters. The predicted molar refractivity (Wildman–Crippen MR) is 86.0 cm³/mol. The SMILES string of the molecule is CC(C)C(CNC(=O)c1cnc(Cl)c(Cl)c1)N1CCCC1. The minimum absolute atomic E-state index is 0.161. The first kappa shape index (κ1) is 16.5. The first-order chi connectivity index (χ1) is 9.99. The Kier molecular flexibility index (Phi) is 5.85. The van der Waals surface area contributed by atoms with Crippen LogP contribution in [0.3, 0.4) is 0 Å². The van der Waals surface area contributed by atoms with Crippen molar-refractivity contribution in [2.24, 2.45) is 5.92 Å². The zero-order valence-corrected chi connectivity index (χ0v) is 13.9. The van der Waals surface area contributed by atoms with Gasteiger partial charge in [0, 0.05) is 18.8 Å². The number of nitrogens with zero attached hydrogens (tertiary/aromatic N) is 2. The Morgan fingerprint density at radius 3 is 2.62 bits per heavy atom. The Hall–Kier alpha value is -0.840. The molecular weight excluding hydrogens is 309 g/mol. The molecule has 1 amide bonds. The van der Waals surface area contributed by atoms with Gasteiger partial charge in [-0.15, -0.1) is 0 Å². The zero-order valence-electron chi connectivity index (χ0n) is 12.4. The topological polar surface area (TPSA) is 45.2 Å². The van der Waals surface area contributed by atoms with Gasteiger partial charge < -0.3 is 5.32 Å². The molecule has 1 aliphatic heterocycles. The first-order valence-electron chi connectivity index (χ1n) is 7.32. The minimum atomic E-state index is -0.161. The molecule has 21 heavy (non-hydrogen) atoms. The van der Waals surface area contributed by atoms with Gasteiger partial charge in [-0.25, -0.2) is 4.98 Å². The molecule has 116 valence electrons. The number of halogens is 2. The summed E-state index contributed by atoms with van der Waals surface area (Å²) in [6.07, 6.45) is 3.94. The maximum Gasteiger partial charge on any atom is 0.252 e. The number of likely N-dealkylation sites (tertiary alicyclic amines) is 1. The van der Waals surface area contributed by atoms with Gasteiger partial charge >= 0.3 is 0 Å². The van der Waals surface area contributed by atoms with Crippen molar-refractivity contribution in [2.45, 2.75) is 32.7 Å². The molecule has 0 aromatic carbocycles. The fraction of sp³-hybridized carbons (Fsp3) is 0.600. The van der Waals surface area contributed by atoms with Gasteiger partial charge in [0.05, 0.1) is 10.6 Å². The second-order valence-corrected chi connectivity index (χ2v) is 6.53. The van der Waals surface area contributed by atoms with Crippen molar-refractivity contribution >= 4 is 29.1 Å². The summed E-state index contributed by atoms with van der Waals surface area (Å²) >= 11 is 11.7. The van der Waals surface area contributed by atoms with Crippen molar-refractivity contribution in [3.63, 3.8) is 0 Å². The molecule has 1 aliphatic rings. The Morgan fingerprint density at radius 1 is 1.38 bits per heavy atom. The second kappa shape index (κ2) is 7.43. The lowest BCUT2D eigenvalue weighted by Gasteiger charge is -2.31. The maximum absolute atomic E-state index is 12.2.